The number of carboxylic acids is 1. The molecular weight excluding hydrogens is 414 g/mol. The van der Waals surface area contributed by atoms with E-state index in [0.717, 1.165) is 0 Å². The summed E-state index contributed by atoms with van der Waals surface area (Å²) in [5, 5.41) is 16.3. The number of carbonyl (C=O) groups is 3. The predicted molar refractivity (Wildman–Crippen MR) is 112 cm³/mol. The SMILES string of the molecule is Cc1nc(C2CCN(C(=O)c3cccc(C(=O)O)c3)CCN2C(=O)c2cncn2C)n[nH]1. The van der Waals surface area contributed by atoms with Gasteiger partial charge in [-0.15, -0.1) is 0 Å². The van der Waals surface area contributed by atoms with Gasteiger partial charge in [0.05, 0.1) is 24.1 Å². The summed E-state index contributed by atoms with van der Waals surface area (Å²) in [7, 11) is 1.75. The minimum atomic E-state index is -1.09. The Bertz CT molecular complexity index is 1170. The van der Waals surface area contributed by atoms with Crippen molar-refractivity contribution >= 4 is 17.8 Å². The van der Waals surface area contributed by atoms with Crippen LogP contribution in [0.15, 0.2) is 36.8 Å². The van der Waals surface area contributed by atoms with Gasteiger partial charge < -0.3 is 19.5 Å². The summed E-state index contributed by atoms with van der Waals surface area (Å²) >= 11 is 0. The Kier molecular flexibility index (Phi) is 5.71. The number of carbonyl (C=O) groups excluding carboxylic acids is 2. The molecule has 166 valence electrons. The van der Waals surface area contributed by atoms with Crippen molar-refractivity contribution in [1.29, 1.82) is 0 Å². The van der Waals surface area contributed by atoms with Crippen LogP contribution < -0.4 is 0 Å². The van der Waals surface area contributed by atoms with Crippen molar-refractivity contribution in [2.24, 2.45) is 7.05 Å². The van der Waals surface area contributed by atoms with Crippen LogP contribution in [-0.2, 0) is 7.05 Å². The first-order valence-corrected chi connectivity index (χ1v) is 10.1. The van der Waals surface area contributed by atoms with Crippen molar-refractivity contribution < 1.29 is 19.5 Å². The molecule has 0 aliphatic carbocycles. The first-order chi connectivity index (χ1) is 15.3. The fourth-order valence-corrected chi connectivity index (χ4v) is 3.83. The van der Waals surface area contributed by atoms with Crippen molar-refractivity contribution in [3.63, 3.8) is 0 Å². The summed E-state index contributed by atoms with van der Waals surface area (Å²) in [5.41, 5.74) is 0.769. The highest BCUT2D eigenvalue weighted by molar-refractivity contribution is 5.97. The first kappa shape index (κ1) is 21.2. The first-order valence-electron chi connectivity index (χ1n) is 10.1. The summed E-state index contributed by atoms with van der Waals surface area (Å²) in [6.45, 7) is 2.71. The third kappa shape index (κ3) is 4.09. The van der Waals surface area contributed by atoms with Crippen LogP contribution in [0.3, 0.4) is 0 Å². The van der Waals surface area contributed by atoms with Crippen molar-refractivity contribution in [2.45, 2.75) is 19.4 Å². The van der Waals surface area contributed by atoms with Gasteiger partial charge in [0.15, 0.2) is 5.82 Å². The molecule has 0 spiro atoms. The van der Waals surface area contributed by atoms with Gasteiger partial charge in [0.25, 0.3) is 11.8 Å². The second-order valence-corrected chi connectivity index (χ2v) is 7.65. The maximum absolute atomic E-state index is 13.3. The highest BCUT2D eigenvalue weighted by Gasteiger charge is 2.34. The number of aromatic amines is 1. The Labute approximate surface area is 183 Å². The number of nitrogens with one attached hydrogen (secondary N) is 1. The van der Waals surface area contributed by atoms with E-state index in [-0.39, 0.29) is 23.9 Å². The summed E-state index contributed by atoms with van der Waals surface area (Å²) < 4.78 is 1.65. The molecule has 2 aromatic heterocycles. The Balaban J connectivity index is 1.62. The van der Waals surface area contributed by atoms with Crippen molar-refractivity contribution in [3.8, 4) is 0 Å². The van der Waals surface area contributed by atoms with Crippen molar-refractivity contribution in [1.82, 2.24) is 34.5 Å². The van der Waals surface area contributed by atoms with Gasteiger partial charge in [-0.1, -0.05) is 6.07 Å². The van der Waals surface area contributed by atoms with Crippen LogP contribution in [0.4, 0.5) is 0 Å². The number of aryl methyl sites for hydroxylation is 2. The van der Waals surface area contributed by atoms with Gasteiger partial charge in [-0.05, 0) is 31.5 Å². The Morgan fingerprint density at radius 2 is 1.91 bits per heavy atom. The van der Waals surface area contributed by atoms with Crippen LogP contribution in [0.2, 0.25) is 0 Å². The van der Waals surface area contributed by atoms with E-state index < -0.39 is 12.0 Å². The summed E-state index contributed by atoms with van der Waals surface area (Å²) in [6, 6.07) is 5.52. The molecule has 1 aromatic carbocycles. The highest BCUT2D eigenvalue weighted by Crippen LogP contribution is 2.27. The molecule has 0 saturated carbocycles. The van der Waals surface area contributed by atoms with E-state index >= 15 is 0 Å². The average molecular weight is 437 g/mol. The molecule has 1 atom stereocenters. The predicted octanol–water partition coefficient (Wildman–Crippen LogP) is 1.27. The number of imidazole rings is 1. The quantitative estimate of drug-likeness (QED) is 0.627. The molecule has 1 saturated heterocycles. The third-order valence-corrected chi connectivity index (χ3v) is 5.51. The van der Waals surface area contributed by atoms with Crippen LogP contribution in [0.5, 0.6) is 0 Å². The lowest BCUT2D eigenvalue weighted by Gasteiger charge is -2.27. The monoisotopic (exact) mass is 437 g/mol. The third-order valence-electron chi connectivity index (χ3n) is 5.51. The zero-order chi connectivity index (χ0) is 22.8. The van der Waals surface area contributed by atoms with Crippen LogP contribution in [0, 0.1) is 6.92 Å². The van der Waals surface area contributed by atoms with Crippen molar-refractivity contribution in [3.05, 3.63) is 65.3 Å². The number of aromatic carboxylic acids is 1. The number of nitrogens with zero attached hydrogens (tertiary/aromatic N) is 6. The molecule has 0 bridgehead atoms. The molecule has 11 heteroatoms. The lowest BCUT2D eigenvalue weighted by molar-refractivity contribution is 0.0654. The van der Waals surface area contributed by atoms with E-state index in [4.69, 9.17) is 0 Å². The molecule has 32 heavy (non-hydrogen) atoms. The summed E-state index contributed by atoms with van der Waals surface area (Å²) in [5.74, 6) is -0.480. The van der Waals surface area contributed by atoms with Gasteiger partial charge in [0.1, 0.15) is 11.5 Å². The molecule has 3 aromatic rings. The number of carboxylic acid groups (broad SMARTS) is 1. The molecule has 4 rings (SSSR count). The largest absolute Gasteiger partial charge is 0.478 e. The zero-order valence-electron chi connectivity index (χ0n) is 17.7. The van der Waals surface area contributed by atoms with E-state index in [1.54, 1.807) is 46.8 Å². The topological polar surface area (TPSA) is 137 Å². The average Bonchev–Trinajstić information content (AvgIpc) is 3.34. The summed E-state index contributed by atoms with van der Waals surface area (Å²) in [4.78, 5) is 49.5. The fraction of sp³-hybridized carbons (Fsp3) is 0.333. The van der Waals surface area contributed by atoms with Crippen molar-refractivity contribution in [2.75, 3.05) is 19.6 Å². The van der Waals surface area contributed by atoms with Crippen LogP contribution in [0.25, 0.3) is 0 Å². The van der Waals surface area contributed by atoms with E-state index in [1.165, 1.54) is 18.3 Å². The van der Waals surface area contributed by atoms with Crippen LogP contribution in [0.1, 0.15) is 55.3 Å². The minimum absolute atomic E-state index is 0.0489. The molecule has 1 unspecified atom stereocenters. The maximum atomic E-state index is 13.3. The number of hydrogen-bond donors (Lipinski definition) is 2. The number of hydrogen-bond acceptors (Lipinski definition) is 6. The number of benzene rings is 1. The number of aromatic nitrogens is 5. The van der Waals surface area contributed by atoms with E-state index in [2.05, 4.69) is 20.2 Å². The van der Waals surface area contributed by atoms with E-state index in [9.17, 15) is 19.5 Å². The number of amides is 2. The normalized spacial score (nSPS) is 16.6. The Morgan fingerprint density at radius 1 is 1.12 bits per heavy atom. The van der Waals surface area contributed by atoms with E-state index in [1.807, 2.05) is 0 Å². The molecule has 2 amide bonds. The molecule has 1 fully saturated rings. The summed E-state index contributed by atoms with van der Waals surface area (Å²) in [6.07, 6.45) is 3.50. The van der Waals surface area contributed by atoms with E-state index in [0.29, 0.717) is 42.4 Å². The van der Waals surface area contributed by atoms with Gasteiger partial charge in [0, 0.05) is 32.2 Å². The molecule has 11 nitrogen and oxygen atoms in total. The smallest absolute Gasteiger partial charge is 0.335 e. The lowest BCUT2D eigenvalue weighted by atomic mass is 10.1. The standard InChI is InChI=1S/C21H23N7O4/c1-13-23-18(25-24-13)16-6-7-27(19(29)14-4-3-5-15(10-14)21(31)32)8-9-28(16)20(30)17-11-22-12-26(17)2/h3-5,10-12,16H,6-9H2,1-2H3,(H,31,32)(H,23,24,25). The Morgan fingerprint density at radius 3 is 2.56 bits per heavy atom. The molecule has 0 radical (unpaired) electrons. The molecular formula is C21H23N7O4. The molecule has 1 aliphatic heterocycles. The second kappa shape index (κ2) is 8.61. The maximum Gasteiger partial charge on any atom is 0.335 e. The van der Waals surface area contributed by atoms with Crippen LogP contribution in [-0.4, -0.2) is 77.1 Å². The fourth-order valence-electron chi connectivity index (χ4n) is 3.83. The Hall–Kier alpha value is -4.02. The van der Waals surface area contributed by atoms with Gasteiger partial charge in [-0.3, -0.25) is 14.7 Å². The van der Waals surface area contributed by atoms with Gasteiger partial charge in [0.2, 0.25) is 0 Å². The zero-order valence-corrected chi connectivity index (χ0v) is 17.7. The number of rotatable bonds is 4. The van der Waals surface area contributed by atoms with Gasteiger partial charge in [-0.25, -0.2) is 14.8 Å². The molecule has 3 heterocycles. The van der Waals surface area contributed by atoms with Crippen LogP contribution >= 0.6 is 0 Å². The lowest BCUT2D eigenvalue weighted by Crippen LogP contribution is -2.39. The minimum Gasteiger partial charge on any atom is -0.478 e. The van der Waals surface area contributed by atoms with Gasteiger partial charge in [-0.2, -0.15) is 5.10 Å². The second-order valence-electron chi connectivity index (χ2n) is 7.65. The van der Waals surface area contributed by atoms with Gasteiger partial charge >= 0.3 is 5.97 Å². The number of H-pyrrole nitrogens is 1. The highest BCUT2D eigenvalue weighted by atomic mass is 16.4. The molecule has 1 aliphatic rings. The molecule has 2 N–H and O–H groups in total.